The molecule has 3 rings (SSSR count). The first-order valence-corrected chi connectivity index (χ1v) is 8.68. The third kappa shape index (κ3) is 5.26. The maximum Gasteiger partial charge on any atom is 0.147 e. The summed E-state index contributed by atoms with van der Waals surface area (Å²) in [6.45, 7) is 7.61. The quantitative estimate of drug-likeness (QED) is 0.807. The Morgan fingerprint density at radius 1 is 1.32 bits per heavy atom. The van der Waals surface area contributed by atoms with Crippen LogP contribution in [0.25, 0.3) is 0 Å². The van der Waals surface area contributed by atoms with E-state index in [0.717, 1.165) is 30.5 Å². The number of aliphatic hydroxyl groups is 1. The number of rotatable bonds is 7. The molecule has 136 valence electrons. The van der Waals surface area contributed by atoms with Crippen LogP contribution in [-0.2, 0) is 11.3 Å². The van der Waals surface area contributed by atoms with Crippen LogP contribution in [-0.4, -0.2) is 69.8 Å². The zero-order valence-electron chi connectivity index (χ0n) is 14.8. The lowest BCUT2D eigenvalue weighted by molar-refractivity contribution is -0.0519. The average molecular weight is 346 g/mol. The maximum absolute atomic E-state index is 10.3. The third-order valence-electron chi connectivity index (χ3n) is 4.22. The van der Waals surface area contributed by atoms with E-state index in [2.05, 4.69) is 15.0 Å². The second kappa shape index (κ2) is 8.42. The Kier molecular flexibility index (Phi) is 6.01. The number of hydrogen-bond donors (Lipinski definition) is 1. The van der Waals surface area contributed by atoms with Crippen molar-refractivity contribution in [1.82, 2.24) is 19.7 Å². The predicted molar refractivity (Wildman–Crippen MR) is 93.6 cm³/mol. The van der Waals surface area contributed by atoms with E-state index in [0.29, 0.717) is 19.7 Å². The van der Waals surface area contributed by atoms with E-state index in [4.69, 9.17) is 9.47 Å². The third-order valence-corrected chi connectivity index (χ3v) is 4.22. The lowest BCUT2D eigenvalue weighted by atomic mass is 10.2. The van der Waals surface area contributed by atoms with Gasteiger partial charge in [-0.25, -0.2) is 9.67 Å². The smallest absolute Gasteiger partial charge is 0.147 e. The lowest BCUT2D eigenvalue weighted by Crippen LogP contribution is -2.47. The van der Waals surface area contributed by atoms with Crippen molar-refractivity contribution in [3.63, 3.8) is 0 Å². The van der Waals surface area contributed by atoms with Gasteiger partial charge in [-0.15, -0.1) is 0 Å². The van der Waals surface area contributed by atoms with Gasteiger partial charge in [-0.05, 0) is 26.0 Å². The SMILES string of the molecule is Cc1nc(C)n(C[C@@H]2CN(C[C@@H](O)COc3ccccc3)CCO2)n1. The molecular weight excluding hydrogens is 320 g/mol. The summed E-state index contributed by atoms with van der Waals surface area (Å²) >= 11 is 0. The normalized spacial score (nSPS) is 19.7. The van der Waals surface area contributed by atoms with Gasteiger partial charge in [0.1, 0.15) is 30.1 Å². The number of morpholine rings is 1. The molecule has 0 radical (unpaired) electrons. The fourth-order valence-electron chi connectivity index (χ4n) is 3.04. The molecule has 2 aromatic rings. The highest BCUT2D eigenvalue weighted by Crippen LogP contribution is 2.11. The van der Waals surface area contributed by atoms with Crippen molar-refractivity contribution in [2.45, 2.75) is 32.6 Å². The summed E-state index contributed by atoms with van der Waals surface area (Å²) < 4.78 is 13.4. The molecular formula is C18H26N4O3. The molecule has 0 aliphatic carbocycles. The summed E-state index contributed by atoms with van der Waals surface area (Å²) in [5.74, 6) is 2.45. The van der Waals surface area contributed by atoms with Gasteiger partial charge >= 0.3 is 0 Å². The molecule has 1 saturated heterocycles. The van der Waals surface area contributed by atoms with Crippen molar-refractivity contribution in [1.29, 1.82) is 0 Å². The van der Waals surface area contributed by atoms with Crippen LogP contribution in [0.15, 0.2) is 30.3 Å². The number of aromatic nitrogens is 3. The molecule has 1 aliphatic rings. The minimum Gasteiger partial charge on any atom is -0.491 e. The van der Waals surface area contributed by atoms with Crippen molar-refractivity contribution in [2.75, 3.05) is 32.8 Å². The fourth-order valence-corrected chi connectivity index (χ4v) is 3.04. The first-order valence-electron chi connectivity index (χ1n) is 8.68. The molecule has 0 saturated carbocycles. The minimum absolute atomic E-state index is 0.0517. The zero-order valence-corrected chi connectivity index (χ0v) is 14.8. The highest BCUT2D eigenvalue weighted by Gasteiger charge is 2.23. The van der Waals surface area contributed by atoms with Gasteiger partial charge in [0.25, 0.3) is 0 Å². The van der Waals surface area contributed by atoms with E-state index in [-0.39, 0.29) is 12.7 Å². The molecule has 2 atom stereocenters. The Balaban J connectivity index is 1.45. The molecule has 1 aliphatic heterocycles. The molecule has 0 amide bonds. The molecule has 25 heavy (non-hydrogen) atoms. The number of ether oxygens (including phenoxy) is 2. The van der Waals surface area contributed by atoms with Gasteiger partial charge in [0, 0.05) is 19.6 Å². The largest absolute Gasteiger partial charge is 0.491 e. The zero-order chi connectivity index (χ0) is 17.6. The number of hydrogen-bond acceptors (Lipinski definition) is 6. The lowest BCUT2D eigenvalue weighted by Gasteiger charge is -2.34. The molecule has 7 nitrogen and oxygen atoms in total. The molecule has 0 unspecified atom stereocenters. The van der Waals surface area contributed by atoms with E-state index in [1.165, 1.54) is 0 Å². The number of nitrogens with zero attached hydrogens (tertiary/aromatic N) is 4. The summed E-state index contributed by atoms with van der Waals surface area (Å²) in [4.78, 5) is 6.54. The molecule has 0 spiro atoms. The van der Waals surface area contributed by atoms with Crippen LogP contribution in [0.3, 0.4) is 0 Å². The van der Waals surface area contributed by atoms with E-state index >= 15 is 0 Å². The summed E-state index contributed by atoms with van der Waals surface area (Å²) in [7, 11) is 0. The molecule has 1 fully saturated rings. The van der Waals surface area contributed by atoms with Gasteiger partial charge in [0.2, 0.25) is 0 Å². The van der Waals surface area contributed by atoms with E-state index in [9.17, 15) is 5.11 Å². The van der Waals surface area contributed by atoms with Gasteiger partial charge in [-0.2, -0.15) is 5.10 Å². The summed E-state index contributed by atoms with van der Waals surface area (Å²) in [5.41, 5.74) is 0. The van der Waals surface area contributed by atoms with Crippen LogP contribution in [0.4, 0.5) is 0 Å². The van der Waals surface area contributed by atoms with Crippen molar-refractivity contribution in [2.24, 2.45) is 0 Å². The molecule has 2 heterocycles. The molecule has 1 aromatic heterocycles. The average Bonchev–Trinajstić information content (AvgIpc) is 2.91. The first-order chi connectivity index (χ1) is 12.1. The number of para-hydroxylation sites is 1. The molecule has 1 aromatic carbocycles. The van der Waals surface area contributed by atoms with E-state index in [1.807, 2.05) is 48.9 Å². The summed E-state index contributed by atoms with van der Waals surface area (Å²) in [5, 5.41) is 14.6. The van der Waals surface area contributed by atoms with Crippen molar-refractivity contribution >= 4 is 0 Å². The second-order valence-corrected chi connectivity index (χ2v) is 6.42. The molecule has 7 heteroatoms. The van der Waals surface area contributed by atoms with Gasteiger partial charge in [-0.3, -0.25) is 4.90 Å². The van der Waals surface area contributed by atoms with Gasteiger partial charge in [-0.1, -0.05) is 18.2 Å². The Hall–Kier alpha value is -1.96. The number of β-amino-alcohol motifs (C(OH)–C–C–N with tert-alkyl or cyclic N) is 1. The number of benzene rings is 1. The molecule has 1 N–H and O–H groups in total. The minimum atomic E-state index is -0.533. The van der Waals surface area contributed by atoms with Gasteiger partial charge in [0.05, 0.1) is 19.3 Å². The van der Waals surface area contributed by atoms with Gasteiger partial charge in [0.15, 0.2) is 0 Å². The van der Waals surface area contributed by atoms with Crippen LogP contribution >= 0.6 is 0 Å². The Bertz CT molecular complexity index is 662. The van der Waals surface area contributed by atoms with E-state index in [1.54, 1.807) is 0 Å². The fraction of sp³-hybridized carbons (Fsp3) is 0.556. The first kappa shape index (κ1) is 17.8. The Morgan fingerprint density at radius 3 is 2.84 bits per heavy atom. The highest BCUT2D eigenvalue weighted by molar-refractivity contribution is 5.20. The standard InChI is InChI=1S/C18H26N4O3/c1-14-19-15(2)22(20-14)12-18-11-21(8-9-24-18)10-16(23)13-25-17-6-4-3-5-7-17/h3-7,16,18,23H,8-13H2,1-2H3/t16-,18+/m1/s1. The maximum atomic E-state index is 10.3. The Morgan fingerprint density at radius 2 is 2.12 bits per heavy atom. The van der Waals surface area contributed by atoms with Crippen LogP contribution in [0.1, 0.15) is 11.6 Å². The van der Waals surface area contributed by atoms with Gasteiger partial charge < -0.3 is 14.6 Å². The monoisotopic (exact) mass is 346 g/mol. The van der Waals surface area contributed by atoms with Crippen molar-refractivity contribution in [3.05, 3.63) is 42.0 Å². The predicted octanol–water partition coefficient (Wildman–Crippen LogP) is 1.04. The Labute approximate surface area is 148 Å². The van der Waals surface area contributed by atoms with Crippen molar-refractivity contribution < 1.29 is 14.6 Å². The topological polar surface area (TPSA) is 72.6 Å². The van der Waals surface area contributed by atoms with Crippen molar-refractivity contribution in [3.8, 4) is 5.75 Å². The van der Waals surface area contributed by atoms with Crippen LogP contribution < -0.4 is 4.74 Å². The van der Waals surface area contributed by atoms with E-state index < -0.39 is 6.10 Å². The summed E-state index contributed by atoms with van der Waals surface area (Å²) in [6, 6.07) is 9.56. The second-order valence-electron chi connectivity index (χ2n) is 6.42. The van der Waals surface area contributed by atoms with Crippen LogP contribution in [0.5, 0.6) is 5.75 Å². The van der Waals surface area contributed by atoms with Crippen LogP contribution in [0, 0.1) is 13.8 Å². The highest BCUT2D eigenvalue weighted by atomic mass is 16.5. The molecule has 0 bridgehead atoms. The number of aryl methyl sites for hydroxylation is 2. The number of aliphatic hydroxyl groups excluding tert-OH is 1. The van der Waals surface area contributed by atoms with Crippen LogP contribution in [0.2, 0.25) is 0 Å². The summed E-state index contributed by atoms with van der Waals surface area (Å²) in [6.07, 6.45) is -0.481.